The quantitative estimate of drug-likeness (QED) is 0.407. The van der Waals surface area contributed by atoms with Gasteiger partial charge in [0.15, 0.2) is 0 Å². The second-order valence-electron chi connectivity index (χ2n) is 1.99. The van der Waals surface area contributed by atoms with E-state index in [0.717, 1.165) is 11.8 Å². The summed E-state index contributed by atoms with van der Waals surface area (Å²) in [6, 6.07) is 9.46. The van der Waals surface area contributed by atoms with E-state index in [-0.39, 0.29) is 34.8 Å². The second-order valence-corrected chi connectivity index (χ2v) is 2.55. The van der Waals surface area contributed by atoms with Gasteiger partial charge in [-0.05, 0) is 5.56 Å². The van der Waals surface area contributed by atoms with Gasteiger partial charge in [0, 0.05) is 0 Å². The molecule has 0 amide bonds. The zero-order chi connectivity index (χ0) is 7.40. The zero-order valence-corrected chi connectivity index (χ0v) is 6.29. The Bertz CT molecular complexity index is 213. The van der Waals surface area contributed by atoms with Crippen molar-refractivity contribution in [3.8, 4) is 0 Å². The molecule has 1 aromatic rings. The minimum absolute atomic E-state index is 0. The van der Waals surface area contributed by atoms with E-state index in [1.54, 1.807) is 0 Å². The third-order valence-corrected chi connectivity index (χ3v) is 1.69. The fourth-order valence-electron chi connectivity index (χ4n) is 0.729. The Morgan fingerprint density at radius 2 is 1.82 bits per heavy atom. The Labute approximate surface area is 93.9 Å². The van der Waals surface area contributed by atoms with Gasteiger partial charge in [0.25, 0.3) is 0 Å². The molecule has 0 radical (unpaired) electrons. The molecule has 1 atom stereocenters. The number of benzene rings is 1. The number of carbonyl (C=O) groups excluding carboxylic acids is 1. The Morgan fingerprint density at radius 3 is 2.27 bits per heavy atom. The Hall–Kier alpha value is 0.240. The molecule has 0 saturated carbocycles. The van der Waals surface area contributed by atoms with Crippen molar-refractivity contribution in [3.63, 3.8) is 0 Å². The van der Waals surface area contributed by atoms with Crippen molar-refractivity contribution in [2.75, 3.05) is 0 Å². The molecule has 1 unspecified atom stereocenters. The third-order valence-electron chi connectivity index (χ3n) is 1.27. The summed E-state index contributed by atoms with van der Waals surface area (Å²) < 4.78 is 0. The predicted molar refractivity (Wildman–Crippen MR) is 51.4 cm³/mol. The summed E-state index contributed by atoms with van der Waals surface area (Å²) in [7, 11) is 0. The molecule has 54 valence electrons. The second kappa shape index (κ2) is 5.84. The van der Waals surface area contributed by atoms with Gasteiger partial charge >= 0.3 is 29.6 Å². The predicted octanol–water partition coefficient (Wildman–Crippen LogP) is 1.21. The number of hydrogen-bond donors (Lipinski definition) is 1. The van der Waals surface area contributed by atoms with Gasteiger partial charge in [-0.15, -0.1) is 0 Å². The van der Waals surface area contributed by atoms with E-state index in [9.17, 15) is 4.79 Å². The maximum absolute atomic E-state index is 10.2. The fourth-order valence-corrected chi connectivity index (χ4v) is 0.901. The van der Waals surface area contributed by atoms with Gasteiger partial charge < -0.3 is 4.79 Å². The molecule has 1 nitrogen and oxygen atoms in total. The molecule has 0 aliphatic carbocycles. The van der Waals surface area contributed by atoms with Crippen molar-refractivity contribution in [3.05, 3.63) is 35.9 Å². The molecule has 0 aromatic heterocycles. The van der Waals surface area contributed by atoms with Crippen LogP contribution in [0.25, 0.3) is 0 Å². The molecule has 11 heavy (non-hydrogen) atoms. The molecule has 0 spiro atoms. The van der Waals surface area contributed by atoms with E-state index in [1.165, 1.54) is 0 Å². The monoisotopic (exact) mass is 176 g/mol. The summed E-state index contributed by atoms with van der Waals surface area (Å²) in [5.41, 5.74) is 0.945. The van der Waals surface area contributed by atoms with Crippen LogP contribution in [0.3, 0.4) is 0 Å². The third kappa shape index (κ3) is 3.43. The molecule has 0 bridgehead atoms. The van der Waals surface area contributed by atoms with Gasteiger partial charge in [0.2, 0.25) is 0 Å². The van der Waals surface area contributed by atoms with Gasteiger partial charge in [-0.1, -0.05) is 30.3 Å². The van der Waals surface area contributed by atoms with Crippen molar-refractivity contribution >= 4 is 48.5 Å². The Morgan fingerprint density at radius 1 is 1.27 bits per heavy atom. The summed E-state index contributed by atoms with van der Waals surface area (Å²) >= 11 is 4.05. The number of carbonyl (C=O) groups is 1. The molecule has 3 heteroatoms. The Kier molecular flexibility index (Phi) is 5.96. The number of thiol groups is 1. The van der Waals surface area contributed by atoms with Crippen LogP contribution < -0.4 is 0 Å². The van der Waals surface area contributed by atoms with Gasteiger partial charge in [-0.2, -0.15) is 12.6 Å². The fraction of sp³-hybridized carbons (Fsp3) is 0.125. The van der Waals surface area contributed by atoms with Crippen LogP contribution in [-0.4, -0.2) is 35.8 Å². The molecule has 0 saturated heterocycles. The number of aldehydes is 1. The summed E-state index contributed by atoms with van der Waals surface area (Å²) in [6.45, 7) is 0. The average molecular weight is 176 g/mol. The standard InChI is InChI=1S/C8H8OS.Na.H/c9-6-8(10)7-4-2-1-3-5-7;;/h1-6,8,10H;;. The van der Waals surface area contributed by atoms with E-state index in [4.69, 9.17) is 0 Å². The van der Waals surface area contributed by atoms with E-state index in [0.29, 0.717) is 0 Å². The molecule has 0 N–H and O–H groups in total. The topological polar surface area (TPSA) is 17.1 Å². The first-order valence-corrected chi connectivity index (χ1v) is 3.54. The van der Waals surface area contributed by atoms with Crippen LogP contribution in [0.4, 0.5) is 0 Å². The SMILES string of the molecule is O=CC(S)c1ccccc1.[NaH]. The maximum atomic E-state index is 10.2. The van der Waals surface area contributed by atoms with Gasteiger partial charge in [-0.3, -0.25) is 0 Å². The zero-order valence-electron chi connectivity index (χ0n) is 5.40. The van der Waals surface area contributed by atoms with Crippen molar-refractivity contribution in [1.82, 2.24) is 0 Å². The van der Waals surface area contributed by atoms with Crippen molar-refractivity contribution in [2.45, 2.75) is 5.25 Å². The number of rotatable bonds is 2. The van der Waals surface area contributed by atoms with Crippen LogP contribution in [0.15, 0.2) is 30.3 Å². The molecule has 0 aliphatic rings. The number of hydrogen-bond acceptors (Lipinski definition) is 2. The van der Waals surface area contributed by atoms with E-state index >= 15 is 0 Å². The van der Waals surface area contributed by atoms with Crippen LogP contribution in [0, 0.1) is 0 Å². The van der Waals surface area contributed by atoms with Crippen molar-refractivity contribution in [1.29, 1.82) is 0 Å². The van der Waals surface area contributed by atoms with Crippen LogP contribution in [0.5, 0.6) is 0 Å². The first kappa shape index (κ1) is 11.2. The van der Waals surface area contributed by atoms with E-state index in [1.807, 2.05) is 30.3 Å². The molecule has 0 aliphatic heterocycles. The first-order valence-electron chi connectivity index (χ1n) is 3.03. The molecule has 1 aromatic carbocycles. The van der Waals surface area contributed by atoms with Crippen LogP contribution in [0.1, 0.15) is 10.8 Å². The molecule has 0 fully saturated rings. The molecular weight excluding hydrogens is 167 g/mol. The normalized spacial score (nSPS) is 11.4. The van der Waals surface area contributed by atoms with Crippen molar-refractivity contribution < 1.29 is 4.79 Å². The van der Waals surface area contributed by atoms with Gasteiger partial charge in [0.05, 0.1) is 5.25 Å². The summed E-state index contributed by atoms with van der Waals surface area (Å²) in [4.78, 5) is 10.2. The summed E-state index contributed by atoms with van der Waals surface area (Å²) in [5.74, 6) is 0. The summed E-state index contributed by atoms with van der Waals surface area (Å²) in [6.07, 6.45) is 0.818. The van der Waals surface area contributed by atoms with E-state index in [2.05, 4.69) is 12.6 Å². The molecular formula is C8H9NaOS. The van der Waals surface area contributed by atoms with Crippen LogP contribution in [-0.2, 0) is 4.79 Å². The average Bonchev–Trinajstić information content (AvgIpc) is 2.05. The minimum atomic E-state index is -0.277. The molecule has 1 rings (SSSR count). The summed E-state index contributed by atoms with van der Waals surface area (Å²) in [5, 5.41) is -0.277. The Balaban J connectivity index is 0.000001000. The van der Waals surface area contributed by atoms with Gasteiger partial charge in [0.1, 0.15) is 6.29 Å². The van der Waals surface area contributed by atoms with Crippen LogP contribution >= 0.6 is 12.6 Å². The van der Waals surface area contributed by atoms with E-state index < -0.39 is 0 Å². The van der Waals surface area contributed by atoms with Crippen LogP contribution in [0.2, 0.25) is 0 Å². The van der Waals surface area contributed by atoms with Gasteiger partial charge in [-0.25, -0.2) is 0 Å². The first-order chi connectivity index (χ1) is 4.84. The van der Waals surface area contributed by atoms with Crippen molar-refractivity contribution in [2.24, 2.45) is 0 Å². The molecule has 0 heterocycles.